The van der Waals surface area contributed by atoms with Crippen LogP contribution in [0.15, 0.2) is 0 Å². The van der Waals surface area contributed by atoms with E-state index in [2.05, 4.69) is 5.32 Å². The Bertz CT molecular complexity index is 296. The number of amides is 1. The molecule has 0 aromatic heterocycles. The molecule has 1 amide bonds. The molecule has 0 heterocycles. The van der Waals surface area contributed by atoms with Crippen molar-refractivity contribution in [2.24, 2.45) is 11.1 Å². The summed E-state index contributed by atoms with van der Waals surface area (Å²) in [6.07, 6.45) is 3.70. The van der Waals surface area contributed by atoms with Gasteiger partial charge in [0, 0.05) is 13.2 Å². The van der Waals surface area contributed by atoms with Crippen molar-refractivity contribution in [2.75, 3.05) is 7.11 Å². The third-order valence-corrected chi connectivity index (χ3v) is 3.81. The lowest BCUT2D eigenvalue weighted by molar-refractivity contribution is -0.126. The Labute approximate surface area is 94.5 Å². The third-order valence-electron chi connectivity index (χ3n) is 3.42. The average molecular weight is 228 g/mol. The molecule has 2 rings (SSSR count). The van der Waals surface area contributed by atoms with E-state index in [-0.39, 0.29) is 11.9 Å². The van der Waals surface area contributed by atoms with Gasteiger partial charge >= 0.3 is 0 Å². The van der Waals surface area contributed by atoms with Crippen LogP contribution in [0.4, 0.5) is 0 Å². The van der Waals surface area contributed by atoms with Crippen molar-refractivity contribution >= 4 is 23.1 Å². The van der Waals surface area contributed by atoms with Gasteiger partial charge in [0.25, 0.3) is 0 Å². The van der Waals surface area contributed by atoms with Crippen LogP contribution < -0.4 is 11.1 Å². The van der Waals surface area contributed by atoms with E-state index in [1.165, 1.54) is 0 Å². The molecule has 0 radical (unpaired) electrons. The van der Waals surface area contributed by atoms with E-state index in [0.717, 1.165) is 25.7 Å². The topological polar surface area (TPSA) is 64.3 Å². The summed E-state index contributed by atoms with van der Waals surface area (Å²) < 4.78 is 5.14. The lowest BCUT2D eigenvalue weighted by atomic mass is 9.88. The lowest BCUT2D eigenvalue weighted by Crippen LogP contribution is -2.51. The van der Waals surface area contributed by atoms with Crippen molar-refractivity contribution in [1.82, 2.24) is 5.32 Å². The molecule has 15 heavy (non-hydrogen) atoms. The Balaban J connectivity index is 1.82. The van der Waals surface area contributed by atoms with Gasteiger partial charge in [-0.3, -0.25) is 4.79 Å². The highest BCUT2D eigenvalue weighted by Crippen LogP contribution is 2.46. The van der Waals surface area contributed by atoms with E-state index in [1.807, 2.05) is 0 Å². The zero-order valence-corrected chi connectivity index (χ0v) is 9.60. The van der Waals surface area contributed by atoms with Gasteiger partial charge in [-0.1, -0.05) is 12.2 Å². The Hall–Kier alpha value is -0.680. The number of ether oxygens (including phenoxy) is 1. The Morgan fingerprint density at radius 1 is 1.53 bits per heavy atom. The van der Waals surface area contributed by atoms with E-state index in [1.54, 1.807) is 7.11 Å². The maximum Gasteiger partial charge on any atom is 0.233 e. The fourth-order valence-corrected chi connectivity index (χ4v) is 2.21. The minimum atomic E-state index is -0.520. The van der Waals surface area contributed by atoms with E-state index < -0.39 is 5.41 Å². The highest BCUT2D eigenvalue weighted by molar-refractivity contribution is 7.80. The third kappa shape index (κ3) is 1.86. The quantitative estimate of drug-likeness (QED) is 0.681. The van der Waals surface area contributed by atoms with Crippen molar-refractivity contribution in [1.29, 1.82) is 0 Å². The summed E-state index contributed by atoms with van der Waals surface area (Å²) in [6.45, 7) is 0. The number of nitrogens with one attached hydrogen (secondary N) is 1. The highest BCUT2D eigenvalue weighted by atomic mass is 32.1. The van der Waals surface area contributed by atoms with Crippen LogP contribution in [0.2, 0.25) is 0 Å². The van der Waals surface area contributed by atoms with Crippen molar-refractivity contribution in [3.8, 4) is 0 Å². The average Bonchev–Trinajstić information content (AvgIpc) is 2.90. The molecule has 2 saturated carbocycles. The van der Waals surface area contributed by atoms with Crippen LogP contribution in [0.3, 0.4) is 0 Å². The summed E-state index contributed by atoms with van der Waals surface area (Å²) in [7, 11) is 1.69. The van der Waals surface area contributed by atoms with Crippen LogP contribution in [-0.2, 0) is 9.53 Å². The number of hydrogen-bond donors (Lipinski definition) is 2. The molecule has 2 aliphatic carbocycles. The van der Waals surface area contributed by atoms with Crippen LogP contribution in [0.25, 0.3) is 0 Å². The molecule has 0 spiro atoms. The summed E-state index contributed by atoms with van der Waals surface area (Å²) in [5.41, 5.74) is 5.05. The minimum absolute atomic E-state index is 0.00885. The predicted molar refractivity (Wildman–Crippen MR) is 60.4 cm³/mol. The Morgan fingerprint density at radius 2 is 2.13 bits per heavy atom. The number of nitrogens with two attached hydrogens (primary N) is 1. The van der Waals surface area contributed by atoms with Gasteiger partial charge in [0.05, 0.1) is 16.5 Å². The minimum Gasteiger partial charge on any atom is -0.392 e. The number of thiocarbonyl (C=S) groups is 1. The molecule has 2 aliphatic rings. The van der Waals surface area contributed by atoms with Crippen LogP contribution in [0.5, 0.6) is 0 Å². The first-order valence-electron chi connectivity index (χ1n) is 5.22. The second-order valence-corrected chi connectivity index (χ2v) is 4.89. The van der Waals surface area contributed by atoms with Crippen LogP contribution in [-0.4, -0.2) is 30.2 Å². The van der Waals surface area contributed by atoms with Crippen molar-refractivity contribution in [3.05, 3.63) is 0 Å². The molecule has 0 aromatic carbocycles. The largest absolute Gasteiger partial charge is 0.392 e. The first-order valence-corrected chi connectivity index (χ1v) is 5.63. The molecule has 0 bridgehead atoms. The number of rotatable bonds is 4. The Morgan fingerprint density at radius 3 is 2.53 bits per heavy atom. The van der Waals surface area contributed by atoms with Crippen molar-refractivity contribution in [2.45, 2.75) is 37.8 Å². The monoisotopic (exact) mass is 228 g/mol. The number of carbonyl (C=O) groups is 1. The number of hydrogen-bond acceptors (Lipinski definition) is 3. The molecule has 0 atom stereocenters. The molecule has 0 aliphatic heterocycles. The summed E-state index contributed by atoms with van der Waals surface area (Å²) >= 11 is 4.92. The normalized spacial score (nSPS) is 31.5. The van der Waals surface area contributed by atoms with Gasteiger partial charge in [-0.25, -0.2) is 0 Å². The van der Waals surface area contributed by atoms with Gasteiger partial charge in [0.2, 0.25) is 5.91 Å². The molecule has 0 aromatic rings. The Kier molecular flexibility index (Phi) is 2.68. The van der Waals surface area contributed by atoms with Gasteiger partial charge < -0.3 is 15.8 Å². The van der Waals surface area contributed by atoms with E-state index in [4.69, 9.17) is 22.7 Å². The summed E-state index contributed by atoms with van der Waals surface area (Å²) in [4.78, 5) is 12.2. The summed E-state index contributed by atoms with van der Waals surface area (Å²) in [5.74, 6) is 0.00885. The molecule has 0 saturated heterocycles. The summed E-state index contributed by atoms with van der Waals surface area (Å²) in [6, 6.07) is 0.245. The molecule has 3 N–H and O–H groups in total. The van der Waals surface area contributed by atoms with Crippen molar-refractivity contribution in [3.63, 3.8) is 0 Å². The van der Waals surface area contributed by atoms with Crippen LogP contribution >= 0.6 is 12.2 Å². The number of methoxy groups -OCH3 is 1. The second-order valence-electron chi connectivity index (χ2n) is 4.45. The molecule has 84 valence electrons. The highest BCUT2D eigenvalue weighted by Gasteiger charge is 2.53. The number of carbonyl (C=O) groups excluding carboxylic acids is 1. The fourth-order valence-electron chi connectivity index (χ4n) is 1.91. The van der Waals surface area contributed by atoms with Crippen LogP contribution in [0.1, 0.15) is 25.7 Å². The van der Waals surface area contributed by atoms with Gasteiger partial charge in [-0.05, 0) is 25.7 Å². The maximum atomic E-state index is 11.8. The standard InChI is InChI=1S/C10H16N2O2S/c1-14-7-4-6(5-7)12-9(13)10(2-3-10)8(11)15/h6-7H,2-5H2,1H3,(H2,11,15)(H,12,13). The second kappa shape index (κ2) is 3.72. The van der Waals surface area contributed by atoms with E-state index >= 15 is 0 Å². The molecule has 4 nitrogen and oxygen atoms in total. The fraction of sp³-hybridized carbons (Fsp3) is 0.800. The van der Waals surface area contributed by atoms with Gasteiger partial charge in [-0.2, -0.15) is 0 Å². The molecule has 5 heteroatoms. The van der Waals surface area contributed by atoms with Gasteiger partial charge in [0.1, 0.15) is 0 Å². The molecular formula is C10H16N2O2S. The first kappa shape index (κ1) is 10.8. The molecular weight excluding hydrogens is 212 g/mol. The zero-order valence-electron chi connectivity index (χ0n) is 8.79. The van der Waals surface area contributed by atoms with Gasteiger partial charge in [0.15, 0.2) is 0 Å². The maximum absolute atomic E-state index is 11.8. The summed E-state index contributed by atoms with van der Waals surface area (Å²) in [5, 5.41) is 2.98. The van der Waals surface area contributed by atoms with E-state index in [9.17, 15) is 4.79 Å². The predicted octanol–water partition coefficient (Wildman–Crippen LogP) is 0.346. The molecule has 2 fully saturated rings. The SMILES string of the molecule is COC1CC(NC(=O)C2(C(N)=S)CC2)C1. The van der Waals surface area contributed by atoms with Crippen molar-refractivity contribution < 1.29 is 9.53 Å². The lowest BCUT2D eigenvalue weighted by Gasteiger charge is -2.35. The smallest absolute Gasteiger partial charge is 0.233 e. The van der Waals surface area contributed by atoms with Crippen LogP contribution in [0, 0.1) is 5.41 Å². The van der Waals surface area contributed by atoms with Gasteiger partial charge in [-0.15, -0.1) is 0 Å². The first-order chi connectivity index (χ1) is 7.08. The van der Waals surface area contributed by atoms with E-state index in [0.29, 0.717) is 11.1 Å². The zero-order chi connectivity index (χ0) is 11.1. The molecule has 0 unspecified atom stereocenters.